The zero-order valence-electron chi connectivity index (χ0n) is 17.0. The molecular weight excluding hydrogens is 400 g/mol. The zero-order chi connectivity index (χ0) is 20.9. The van der Waals surface area contributed by atoms with Crippen LogP contribution in [-0.2, 0) is 13.1 Å². The van der Waals surface area contributed by atoms with Crippen LogP contribution < -0.4 is 5.32 Å². The van der Waals surface area contributed by atoms with Crippen molar-refractivity contribution in [3.63, 3.8) is 0 Å². The zero-order valence-corrected chi connectivity index (χ0v) is 17.7. The molecule has 0 bridgehead atoms. The number of nitrogens with zero attached hydrogens (tertiary/aromatic N) is 3. The van der Waals surface area contributed by atoms with Crippen LogP contribution in [0.2, 0.25) is 5.02 Å². The normalized spacial score (nSPS) is 17.1. The van der Waals surface area contributed by atoms with Gasteiger partial charge in [0.05, 0.1) is 6.54 Å². The van der Waals surface area contributed by atoms with Crippen molar-refractivity contribution >= 4 is 17.5 Å². The molecule has 0 spiro atoms. The van der Waals surface area contributed by atoms with Gasteiger partial charge in [0.2, 0.25) is 11.7 Å². The fraction of sp³-hybridized carbons (Fsp3) is 0.348. The van der Waals surface area contributed by atoms with E-state index in [4.69, 9.17) is 16.1 Å². The maximum Gasteiger partial charge on any atom is 0.251 e. The maximum atomic E-state index is 12.5. The van der Waals surface area contributed by atoms with E-state index in [9.17, 15) is 4.79 Å². The number of piperidine rings is 1. The second-order valence-corrected chi connectivity index (χ2v) is 8.32. The smallest absolute Gasteiger partial charge is 0.251 e. The van der Waals surface area contributed by atoms with Crippen LogP contribution in [0.3, 0.4) is 0 Å². The number of aromatic nitrogens is 2. The maximum absolute atomic E-state index is 12.5. The fourth-order valence-electron chi connectivity index (χ4n) is 3.75. The van der Waals surface area contributed by atoms with E-state index < -0.39 is 0 Å². The first-order valence-corrected chi connectivity index (χ1v) is 10.6. The predicted octanol–water partition coefficient (Wildman–Crippen LogP) is 4.55. The number of benzene rings is 2. The second-order valence-electron chi connectivity index (χ2n) is 7.88. The van der Waals surface area contributed by atoms with E-state index in [0.717, 1.165) is 31.1 Å². The van der Waals surface area contributed by atoms with Gasteiger partial charge in [0.25, 0.3) is 5.91 Å². The van der Waals surface area contributed by atoms with Crippen molar-refractivity contribution < 1.29 is 9.32 Å². The molecule has 2 heterocycles. The third-order valence-corrected chi connectivity index (χ3v) is 5.59. The van der Waals surface area contributed by atoms with Crippen LogP contribution in [-0.4, -0.2) is 34.0 Å². The average molecular weight is 425 g/mol. The van der Waals surface area contributed by atoms with Gasteiger partial charge in [0, 0.05) is 29.2 Å². The van der Waals surface area contributed by atoms with Gasteiger partial charge in [0.1, 0.15) is 0 Å². The Hall–Kier alpha value is -2.70. The Bertz CT molecular complexity index is 985. The Balaban J connectivity index is 1.30. The summed E-state index contributed by atoms with van der Waals surface area (Å²) in [4.78, 5) is 19.3. The minimum absolute atomic E-state index is 0.167. The van der Waals surface area contributed by atoms with E-state index in [1.165, 1.54) is 18.4 Å². The van der Waals surface area contributed by atoms with Crippen molar-refractivity contribution in [3.8, 4) is 11.4 Å². The Labute approximate surface area is 181 Å². The SMILES string of the molecule is C[C@@H]1CCCN(Cc2ccc(C(=O)NCc3nc(-c4ccc(Cl)cc4)no3)cc2)C1. The summed E-state index contributed by atoms with van der Waals surface area (Å²) in [5.74, 6) is 1.41. The van der Waals surface area contributed by atoms with Gasteiger partial charge in [-0.25, -0.2) is 0 Å². The molecule has 1 N–H and O–H groups in total. The van der Waals surface area contributed by atoms with Crippen LogP contribution in [0.4, 0.5) is 0 Å². The van der Waals surface area contributed by atoms with Gasteiger partial charge in [-0.3, -0.25) is 9.69 Å². The largest absolute Gasteiger partial charge is 0.343 e. The summed E-state index contributed by atoms with van der Waals surface area (Å²) < 4.78 is 5.23. The minimum atomic E-state index is -0.167. The van der Waals surface area contributed by atoms with Crippen LogP contribution in [0.15, 0.2) is 53.1 Å². The highest BCUT2D eigenvalue weighted by Crippen LogP contribution is 2.19. The molecule has 156 valence electrons. The van der Waals surface area contributed by atoms with Crippen molar-refractivity contribution in [3.05, 3.63) is 70.6 Å². The van der Waals surface area contributed by atoms with Crippen LogP contribution in [0.1, 0.15) is 41.6 Å². The van der Waals surface area contributed by atoms with Crippen LogP contribution in [0.25, 0.3) is 11.4 Å². The molecule has 7 heteroatoms. The van der Waals surface area contributed by atoms with E-state index in [2.05, 4.69) is 27.3 Å². The molecule has 0 aliphatic carbocycles. The molecule has 6 nitrogen and oxygen atoms in total. The standard InChI is InChI=1S/C23H25ClN4O2/c1-16-3-2-12-28(14-16)15-17-4-6-19(7-5-17)23(29)25-13-21-26-22(27-30-21)18-8-10-20(24)11-9-18/h4-11,16H,2-3,12-15H2,1H3,(H,25,29)/t16-/m1/s1. The number of carbonyl (C=O) groups is 1. The van der Waals surface area contributed by atoms with E-state index in [0.29, 0.717) is 22.3 Å². The molecule has 2 aromatic carbocycles. The molecule has 30 heavy (non-hydrogen) atoms. The number of carbonyl (C=O) groups excluding carboxylic acids is 1. The number of likely N-dealkylation sites (tertiary alicyclic amines) is 1. The molecule has 4 rings (SSSR count). The summed E-state index contributed by atoms with van der Waals surface area (Å²) in [6, 6.07) is 15.0. The molecule has 3 aromatic rings. The van der Waals surface area contributed by atoms with Crippen LogP contribution in [0, 0.1) is 5.92 Å². The highest BCUT2D eigenvalue weighted by atomic mass is 35.5. The molecular formula is C23H25ClN4O2. The van der Waals surface area contributed by atoms with Gasteiger partial charge in [-0.1, -0.05) is 35.8 Å². The Morgan fingerprint density at radius 1 is 1.20 bits per heavy atom. The first-order valence-electron chi connectivity index (χ1n) is 10.2. The van der Waals surface area contributed by atoms with E-state index in [1.807, 2.05) is 36.4 Å². The Morgan fingerprint density at radius 3 is 2.70 bits per heavy atom. The summed E-state index contributed by atoms with van der Waals surface area (Å²) in [5, 5.41) is 7.43. The number of halogens is 1. The number of nitrogens with one attached hydrogen (secondary N) is 1. The van der Waals surface area contributed by atoms with Crippen molar-refractivity contribution in [2.24, 2.45) is 5.92 Å². The molecule has 1 aromatic heterocycles. The summed E-state index contributed by atoms with van der Waals surface area (Å²) in [6.07, 6.45) is 2.58. The van der Waals surface area contributed by atoms with Gasteiger partial charge >= 0.3 is 0 Å². The monoisotopic (exact) mass is 424 g/mol. The second kappa shape index (κ2) is 9.41. The summed E-state index contributed by atoms with van der Waals surface area (Å²) >= 11 is 5.90. The van der Waals surface area contributed by atoms with Gasteiger partial charge in [-0.2, -0.15) is 4.98 Å². The van der Waals surface area contributed by atoms with Gasteiger partial charge in [-0.15, -0.1) is 0 Å². The Kier molecular flexibility index (Phi) is 6.45. The fourth-order valence-corrected chi connectivity index (χ4v) is 3.88. The third kappa shape index (κ3) is 5.26. The number of hydrogen-bond acceptors (Lipinski definition) is 5. The molecule has 1 fully saturated rings. The highest BCUT2D eigenvalue weighted by molar-refractivity contribution is 6.30. The summed E-state index contributed by atoms with van der Waals surface area (Å²) in [7, 11) is 0. The lowest BCUT2D eigenvalue weighted by Gasteiger charge is -2.30. The number of hydrogen-bond donors (Lipinski definition) is 1. The molecule has 1 saturated heterocycles. The van der Waals surface area contributed by atoms with E-state index >= 15 is 0 Å². The van der Waals surface area contributed by atoms with E-state index in [-0.39, 0.29) is 12.5 Å². The Morgan fingerprint density at radius 2 is 1.97 bits per heavy atom. The van der Waals surface area contributed by atoms with Crippen molar-refractivity contribution in [2.45, 2.75) is 32.9 Å². The van der Waals surface area contributed by atoms with Crippen molar-refractivity contribution in [2.75, 3.05) is 13.1 Å². The lowest BCUT2D eigenvalue weighted by molar-refractivity contribution is 0.0946. The van der Waals surface area contributed by atoms with Gasteiger partial charge in [-0.05, 0) is 67.3 Å². The van der Waals surface area contributed by atoms with Crippen molar-refractivity contribution in [1.82, 2.24) is 20.4 Å². The number of amides is 1. The van der Waals surface area contributed by atoms with Crippen LogP contribution in [0.5, 0.6) is 0 Å². The van der Waals surface area contributed by atoms with Gasteiger partial charge < -0.3 is 9.84 Å². The quantitative estimate of drug-likeness (QED) is 0.628. The topological polar surface area (TPSA) is 71.3 Å². The lowest BCUT2D eigenvalue weighted by Crippen LogP contribution is -2.33. The molecule has 0 unspecified atom stereocenters. The lowest BCUT2D eigenvalue weighted by atomic mass is 9.99. The highest BCUT2D eigenvalue weighted by Gasteiger charge is 2.16. The molecule has 1 aliphatic heterocycles. The van der Waals surface area contributed by atoms with Gasteiger partial charge in [0.15, 0.2) is 0 Å². The summed E-state index contributed by atoms with van der Waals surface area (Å²) in [5.41, 5.74) is 2.65. The number of rotatable bonds is 6. The molecule has 0 saturated carbocycles. The molecule has 1 amide bonds. The molecule has 1 atom stereocenters. The first kappa shape index (κ1) is 20.6. The van der Waals surface area contributed by atoms with E-state index in [1.54, 1.807) is 12.1 Å². The average Bonchev–Trinajstić information content (AvgIpc) is 3.22. The predicted molar refractivity (Wildman–Crippen MR) is 116 cm³/mol. The van der Waals surface area contributed by atoms with Crippen molar-refractivity contribution in [1.29, 1.82) is 0 Å². The first-order chi connectivity index (χ1) is 14.6. The summed E-state index contributed by atoms with van der Waals surface area (Å²) in [6.45, 7) is 5.70. The molecule has 1 aliphatic rings. The van der Waals surface area contributed by atoms with Crippen LogP contribution >= 0.6 is 11.6 Å². The third-order valence-electron chi connectivity index (χ3n) is 5.33. The molecule has 0 radical (unpaired) electrons. The minimum Gasteiger partial charge on any atom is -0.343 e.